The van der Waals surface area contributed by atoms with E-state index in [9.17, 15) is 14.7 Å². The van der Waals surface area contributed by atoms with E-state index in [2.05, 4.69) is 41.6 Å². The van der Waals surface area contributed by atoms with Gasteiger partial charge in [-0.1, -0.05) is 49.7 Å². The number of aryl methyl sites for hydroxylation is 1. The van der Waals surface area contributed by atoms with Crippen LogP contribution in [0.5, 0.6) is 17.2 Å². The van der Waals surface area contributed by atoms with Crippen molar-refractivity contribution < 1.29 is 33.6 Å². The van der Waals surface area contributed by atoms with Crippen LogP contribution in [0.15, 0.2) is 79.0 Å². The number of ether oxygens (including phenoxy) is 4. The number of carbonyl (C=O) groups is 2. The topological polar surface area (TPSA) is 128 Å². The van der Waals surface area contributed by atoms with Crippen molar-refractivity contribution in [3.63, 3.8) is 0 Å². The molecule has 326 valence electrons. The number of nitrogens with one attached hydrogen (secondary N) is 2. The number of nitrogens with zero attached hydrogens (tertiary/aromatic N) is 1. The molecule has 3 aliphatic rings. The molecule has 7 rings (SSSR count). The van der Waals surface area contributed by atoms with E-state index in [-0.39, 0.29) is 17.2 Å². The van der Waals surface area contributed by atoms with Crippen LogP contribution in [0.25, 0.3) is 0 Å². The molecule has 0 radical (unpaired) electrons. The third kappa shape index (κ3) is 10.8. The first kappa shape index (κ1) is 44.3. The summed E-state index contributed by atoms with van der Waals surface area (Å²) in [5, 5.41) is 17.7. The molecule has 3 N–H and O–H groups in total. The van der Waals surface area contributed by atoms with Crippen molar-refractivity contribution in [2.75, 3.05) is 45.4 Å². The van der Waals surface area contributed by atoms with Gasteiger partial charge in [-0.2, -0.15) is 0 Å². The molecule has 11 heteroatoms. The number of carbonyl (C=O) groups excluding carboxylic acids is 1. The van der Waals surface area contributed by atoms with E-state index in [1.807, 2.05) is 54.7 Å². The van der Waals surface area contributed by atoms with Crippen LogP contribution < -0.4 is 24.8 Å². The molecule has 0 unspecified atom stereocenters. The molecule has 1 amide bonds. The number of benzene rings is 3. The number of amides is 1. The zero-order chi connectivity index (χ0) is 42.8. The van der Waals surface area contributed by atoms with Gasteiger partial charge in [-0.15, -0.1) is 0 Å². The number of carboxylic acids is 1. The lowest BCUT2D eigenvalue weighted by Gasteiger charge is -2.47. The fourth-order valence-electron chi connectivity index (χ4n) is 10.1. The van der Waals surface area contributed by atoms with E-state index >= 15 is 0 Å². The van der Waals surface area contributed by atoms with E-state index in [0.29, 0.717) is 87.6 Å². The maximum atomic E-state index is 13.1. The van der Waals surface area contributed by atoms with Crippen LogP contribution >= 0.6 is 11.6 Å². The maximum Gasteiger partial charge on any atom is 0.329 e. The second-order valence-corrected chi connectivity index (χ2v) is 18.0. The van der Waals surface area contributed by atoms with Gasteiger partial charge in [0.1, 0.15) is 29.4 Å². The minimum Gasteiger partial charge on any atom is -0.494 e. The van der Waals surface area contributed by atoms with Crippen molar-refractivity contribution in [1.29, 1.82) is 0 Å². The van der Waals surface area contributed by atoms with E-state index in [4.69, 9.17) is 30.5 Å². The fourth-order valence-corrected chi connectivity index (χ4v) is 10.2. The Bertz CT molecular complexity index is 2120. The lowest BCUT2D eigenvalue weighted by atomic mass is 9.59. The van der Waals surface area contributed by atoms with Crippen LogP contribution in [0.2, 0.25) is 5.02 Å². The maximum absolute atomic E-state index is 13.1. The van der Waals surface area contributed by atoms with E-state index in [1.54, 1.807) is 19.2 Å². The minimum absolute atomic E-state index is 0.00113. The Morgan fingerprint density at radius 1 is 0.951 bits per heavy atom. The van der Waals surface area contributed by atoms with Gasteiger partial charge in [-0.3, -0.25) is 9.78 Å². The Hall–Kier alpha value is -4.80. The number of hydrogen-bond donors (Lipinski definition) is 3. The van der Waals surface area contributed by atoms with Crippen molar-refractivity contribution in [2.24, 2.45) is 11.8 Å². The average Bonchev–Trinajstić information content (AvgIpc) is 3.53. The number of hydrogen-bond acceptors (Lipinski definition) is 8. The van der Waals surface area contributed by atoms with Gasteiger partial charge < -0.3 is 34.7 Å². The van der Waals surface area contributed by atoms with Crippen LogP contribution in [-0.4, -0.2) is 67.6 Å². The highest BCUT2D eigenvalue weighted by molar-refractivity contribution is 6.30. The highest BCUT2D eigenvalue weighted by Gasteiger charge is 2.54. The lowest BCUT2D eigenvalue weighted by molar-refractivity contribution is -0.144. The molecule has 1 fully saturated rings. The summed E-state index contributed by atoms with van der Waals surface area (Å²) in [6, 6.07) is 23.7. The second-order valence-electron chi connectivity index (χ2n) is 17.6. The number of halogens is 1. The van der Waals surface area contributed by atoms with Crippen molar-refractivity contribution in [2.45, 2.75) is 108 Å². The van der Waals surface area contributed by atoms with E-state index in [1.165, 1.54) is 22.4 Å². The standard InChI is InChI=1S/C50H62ClN3O7/c1-34(33-61-45-18-24-52-44-13-4-8-35(2)47(44)45)28-38-30-37-15-16-42(59-25-7-14-46(55)53-23-17-36-9-5-12-41(29-36)60-27-26-58-3)32-43(37)49(38)19-21-50(22-20-49,48(56)57)54-40-11-6-10-39(51)31-40/h5-6,9-12,15-16,18,24,29,31-32,34-35,38,54H,4,7-8,13-14,17,19-23,25-28,30,33H2,1-3H3,(H,53,55)(H,56,57)/t34-,35-,38+,49?,50?/m1/s1. The SMILES string of the molecule is COCCOc1cccc(CCNC(=O)CCCOc2ccc3c(c2)C2(CCC(Nc4cccc(Cl)c4)(C(=O)O)CC2)[C@@H](C[C@@H](C)COc2ccnc4c2[C@H](C)CCC4)C3)c1. The second kappa shape index (κ2) is 20.4. The summed E-state index contributed by atoms with van der Waals surface area (Å²) < 4.78 is 23.7. The highest BCUT2D eigenvalue weighted by Crippen LogP contribution is 2.57. The van der Waals surface area contributed by atoms with Crippen molar-refractivity contribution in [1.82, 2.24) is 10.3 Å². The van der Waals surface area contributed by atoms with Gasteiger partial charge in [-0.25, -0.2) is 4.79 Å². The Morgan fingerprint density at radius 2 is 1.75 bits per heavy atom. The fraction of sp³-hybridized carbons (Fsp3) is 0.500. The summed E-state index contributed by atoms with van der Waals surface area (Å²) in [7, 11) is 1.65. The Balaban J connectivity index is 0.991. The predicted molar refractivity (Wildman–Crippen MR) is 239 cm³/mol. The Kier molecular flexibility index (Phi) is 14.8. The highest BCUT2D eigenvalue weighted by atomic mass is 35.5. The van der Waals surface area contributed by atoms with Crippen LogP contribution in [0, 0.1) is 11.8 Å². The molecule has 0 bridgehead atoms. The van der Waals surface area contributed by atoms with E-state index < -0.39 is 11.5 Å². The molecule has 3 atom stereocenters. The number of aromatic nitrogens is 1. The number of methoxy groups -OCH3 is 1. The van der Waals surface area contributed by atoms with Gasteiger partial charge in [0, 0.05) is 48.2 Å². The van der Waals surface area contributed by atoms with Crippen molar-refractivity contribution in [3.05, 3.63) is 112 Å². The van der Waals surface area contributed by atoms with Crippen LogP contribution in [0.3, 0.4) is 0 Å². The average molecular weight is 853 g/mol. The zero-order valence-electron chi connectivity index (χ0n) is 36.0. The van der Waals surface area contributed by atoms with Gasteiger partial charge in [0.05, 0.1) is 19.8 Å². The predicted octanol–water partition coefficient (Wildman–Crippen LogP) is 9.74. The molecule has 10 nitrogen and oxygen atoms in total. The van der Waals surface area contributed by atoms with Gasteiger partial charge in [0.15, 0.2) is 0 Å². The first-order valence-electron chi connectivity index (χ1n) is 22.2. The number of aliphatic carboxylic acids is 1. The number of anilines is 1. The van der Waals surface area contributed by atoms with Crippen LogP contribution in [0.1, 0.15) is 106 Å². The zero-order valence-corrected chi connectivity index (χ0v) is 36.7. The van der Waals surface area contributed by atoms with Gasteiger partial charge >= 0.3 is 5.97 Å². The number of pyridine rings is 1. The molecular weight excluding hydrogens is 790 g/mol. The third-order valence-corrected chi connectivity index (χ3v) is 13.5. The monoisotopic (exact) mass is 851 g/mol. The number of fused-ring (bicyclic) bond motifs is 3. The molecule has 1 heterocycles. The molecule has 1 spiro atoms. The number of rotatable bonds is 20. The number of carboxylic acid groups (broad SMARTS) is 1. The smallest absolute Gasteiger partial charge is 0.329 e. The molecule has 1 saturated carbocycles. The van der Waals surface area contributed by atoms with Gasteiger partial charge in [-0.05, 0) is 159 Å². The minimum atomic E-state index is -1.10. The molecule has 1 aromatic heterocycles. The third-order valence-electron chi connectivity index (χ3n) is 13.3. The summed E-state index contributed by atoms with van der Waals surface area (Å²) >= 11 is 6.31. The molecule has 3 aliphatic carbocycles. The van der Waals surface area contributed by atoms with Crippen molar-refractivity contribution >= 4 is 29.2 Å². The molecule has 61 heavy (non-hydrogen) atoms. The molecular formula is C50H62ClN3O7. The van der Waals surface area contributed by atoms with Crippen LogP contribution in [-0.2, 0) is 39.0 Å². The van der Waals surface area contributed by atoms with Gasteiger partial charge in [0.25, 0.3) is 0 Å². The first-order chi connectivity index (χ1) is 29.6. The largest absolute Gasteiger partial charge is 0.494 e. The van der Waals surface area contributed by atoms with E-state index in [0.717, 1.165) is 67.8 Å². The molecule has 4 aromatic rings. The van der Waals surface area contributed by atoms with Crippen molar-refractivity contribution in [3.8, 4) is 17.2 Å². The molecule has 0 saturated heterocycles. The normalized spacial score (nSPS) is 22.2. The summed E-state index contributed by atoms with van der Waals surface area (Å²) in [5.41, 5.74) is 5.51. The Morgan fingerprint density at radius 3 is 2.56 bits per heavy atom. The summed E-state index contributed by atoms with van der Waals surface area (Å²) in [5.74, 6) is 2.73. The lowest BCUT2D eigenvalue weighted by Crippen LogP contribution is -2.53. The van der Waals surface area contributed by atoms with Gasteiger partial charge in [0.2, 0.25) is 5.91 Å². The molecule has 0 aliphatic heterocycles. The first-order valence-corrected chi connectivity index (χ1v) is 22.6. The molecule has 3 aromatic carbocycles. The summed E-state index contributed by atoms with van der Waals surface area (Å²) in [6.45, 7) is 7.15. The Labute approximate surface area is 366 Å². The summed E-state index contributed by atoms with van der Waals surface area (Å²) in [4.78, 5) is 30.5. The quantitative estimate of drug-likeness (QED) is 0.0745. The van der Waals surface area contributed by atoms with Crippen LogP contribution in [0.4, 0.5) is 5.69 Å². The summed E-state index contributed by atoms with van der Waals surface area (Å²) in [6.07, 6.45) is 11.2.